The van der Waals surface area contributed by atoms with Gasteiger partial charge >= 0.3 is 0 Å². The number of hydrogen-bond acceptors (Lipinski definition) is 3. The molecular formula is C22H32N2O2. The Morgan fingerprint density at radius 3 is 2.62 bits per heavy atom. The van der Waals surface area contributed by atoms with Gasteiger partial charge < -0.3 is 14.5 Å². The molecule has 1 atom stereocenters. The summed E-state index contributed by atoms with van der Waals surface area (Å²) in [6.07, 6.45) is 5.54. The SMILES string of the molecule is CCCN1CCC2(CC1)C[C@@H](CC(=O)N1CCOCC1)c1ccccc12. The van der Waals surface area contributed by atoms with Crippen LogP contribution < -0.4 is 0 Å². The number of amides is 1. The molecule has 1 aromatic rings. The molecule has 1 aliphatic carbocycles. The molecule has 0 radical (unpaired) electrons. The molecule has 0 aromatic heterocycles. The number of carbonyl (C=O) groups excluding carboxylic acids is 1. The average molecular weight is 357 g/mol. The number of benzene rings is 1. The number of morpholine rings is 1. The summed E-state index contributed by atoms with van der Waals surface area (Å²) in [5.74, 6) is 0.702. The molecule has 1 aromatic carbocycles. The fourth-order valence-corrected chi connectivity index (χ4v) is 5.36. The molecule has 2 saturated heterocycles. The maximum atomic E-state index is 12.8. The minimum atomic E-state index is 0.302. The van der Waals surface area contributed by atoms with Gasteiger partial charge in [-0.1, -0.05) is 31.2 Å². The molecule has 2 heterocycles. The molecule has 142 valence electrons. The lowest BCUT2D eigenvalue weighted by Crippen LogP contribution is -2.42. The van der Waals surface area contributed by atoms with E-state index < -0.39 is 0 Å². The summed E-state index contributed by atoms with van der Waals surface area (Å²) in [5.41, 5.74) is 3.28. The first-order valence-electron chi connectivity index (χ1n) is 10.4. The van der Waals surface area contributed by atoms with Crippen molar-refractivity contribution in [1.29, 1.82) is 0 Å². The fourth-order valence-electron chi connectivity index (χ4n) is 5.36. The maximum Gasteiger partial charge on any atom is 0.223 e. The van der Waals surface area contributed by atoms with Crippen molar-refractivity contribution >= 4 is 5.91 Å². The largest absolute Gasteiger partial charge is 0.378 e. The van der Waals surface area contributed by atoms with Crippen LogP contribution in [0, 0.1) is 0 Å². The topological polar surface area (TPSA) is 32.8 Å². The average Bonchev–Trinajstić information content (AvgIpc) is 2.98. The molecule has 0 N–H and O–H groups in total. The second-order valence-electron chi connectivity index (χ2n) is 8.31. The zero-order valence-corrected chi connectivity index (χ0v) is 16.1. The summed E-state index contributed by atoms with van der Waals surface area (Å²) in [4.78, 5) is 17.4. The monoisotopic (exact) mass is 356 g/mol. The van der Waals surface area contributed by atoms with Crippen LogP contribution in [0.15, 0.2) is 24.3 Å². The summed E-state index contributed by atoms with van der Waals surface area (Å²) in [5, 5.41) is 0. The van der Waals surface area contributed by atoms with E-state index in [4.69, 9.17) is 4.74 Å². The number of likely N-dealkylation sites (tertiary alicyclic amines) is 1. The number of carbonyl (C=O) groups is 1. The highest BCUT2D eigenvalue weighted by Crippen LogP contribution is 2.52. The van der Waals surface area contributed by atoms with Crippen molar-refractivity contribution in [2.45, 2.75) is 50.4 Å². The third-order valence-corrected chi connectivity index (χ3v) is 6.75. The minimum Gasteiger partial charge on any atom is -0.378 e. The highest BCUT2D eigenvalue weighted by atomic mass is 16.5. The Labute approximate surface area is 157 Å². The smallest absolute Gasteiger partial charge is 0.223 e. The summed E-state index contributed by atoms with van der Waals surface area (Å²) in [6, 6.07) is 8.95. The number of nitrogens with zero attached hydrogens (tertiary/aromatic N) is 2. The van der Waals surface area contributed by atoms with Gasteiger partial charge in [-0.2, -0.15) is 0 Å². The molecule has 4 heteroatoms. The zero-order valence-electron chi connectivity index (χ0n) is 16.1. The van der Waals surface area contributed by atoms with Gasteiger partial charge in [0.1, 0.15) is 0 Å². The number of hydrogen-bond donors (Lipinski definition) is 0. The Hall–Kier alpha value is -1.39. The molecule has 4 nitrogen and oxygen atoms in total. The van der Waals surface area contributed by atoms with E-state index in [2.05, 4.69) is 36.1 Å². The van der Waals surface area contributed by atoms with Gasteiger partial charge in [-0.05, 0) is 67.8 Å². The summed E-state index contributed by atoms with van der Waals surface area (Å²) in [7, 11) is 0. The lowest BCUT2D eigenvalue weighted by molar-refractivity contribution is -0.135. The van der Waals surface area contributed by atoms with Crippen molar-refractivity contribution in [1.82, 2.24) is 9.80 Å². The number of ether oxygens (including phenoxy) is 1. The Morgan fingerprint density at radius 2 is 1.88 bits per heavy atom. The van der Waals surface area contributed by atoms with E-state index in [0.717, 1.165) is 19.5 Å². The standard InChI is InChI=1S/C22H32N2O2/c1-2-9-23-10-7-22(8-11-23)17-18(19-5-3-4-6-20(19)22)16-21(25)24-12-14-26-15-13-24/h3-6,18H,2,7-17H2,1H3/t18-/m1/s1. The summed E-state index contributed by atoms with van der Waals surface area (Å²) in [6.45, 7) is 8.76. The number of fused-ring (bicyclic) bond motifs is 2. The van der Waals surface area contributed by atoms with Crippen molar-refractivity contribution in [3.05, 3.63) is 35.4 Å². The molecular weight excluding hydrogens is 324 g/mol. The highest BCUT2D eigenvalue weighted by molar-refractivity contribution is 5.77. The van der Waals surface area contributed by atoms with E-state index in [0.29, 0.717) is 36.9 Å². The van der Waals surface area contributed by atoms with Crippen LogP contribution in [0.2, 0.25) is 0 Å². The van der Waals surface area contributed by atoms with Gasteiger partial charge in [0.05, 0.1) is 13.2 Å². The predicted molar refractivity (Wildman–Crippen MR) is 103 cm³/mol. The Bertz CT molecular complexity index is 631. The van der Waals surface area contributed by atoms with Crippen molar-refractivity contribution in [3.63, 3.8) is 0 Å². The Kier molecular flexibility index (Phi) is 5.32. The molecule has 0 saturated carbocycles. The molecule has 3 aliphatic rings. The van der Waals surface area contributed by atoms with Gasteiger partial charge in [-0.15, -0.1) is 0 Å². The van der Waals surface area contributed by atoms with E-state index in [1.54, 1.807) is 0 Å². The van der Waals surface area contributed by atoms with Gasteiger partial charge in [-0.25, -0.2) is 0 Å². The van der Waals surface area contributed by atoms with E-state index >= 15 is 0 Å². The molecule has 1 spiro atoms. The molecule has 2 aliphatic heterocycles. The van der Waals surface area contributed by atoms with Gasteiger partial charge in [-0.3, -0.25) is 4.79 Å². The van der Waals surface area contributed by atoms with Gasteiger partial charge in [0.2, 0.25) is 5.91 Å². The first-order chi connectivity index (χ1) is 12.7. The van der Waals surface area contributed by atoms with Gasteiger partial charge in [0.15, 0.2) is 0 Å². The Balaban J connectivity index is 1.49. The normalized spacial score (nSPS) is 25.4. The van der Waals surface area contributed by atoms with E-state index in [1.165, 1.54) is 50.0 Å². The molecule has 0 unspecified atom stereocenters. The summed E-state index contributed by atoms with van der Waals surface area (Å²) < 4.78 is 5.40. The van der Waals surface area contributed by atoms with Crippen LogP contribution in [0.25, 0.3) is 0 Å². The maximum absolute atomic E-state index is 12.8. The number of piperidine rings is 1. The van der Waals surface area contributed by atoms with Crippen LogP contribution >= 0.6 is 0 Å². The first-order valence-corrected chi connectivity index (χ1v) is 10.4. The van der Waals surface area contributed by atoms with Gasteiger partial charge in [0.25, 0.3) is 0 Å². The summed E-state index contributed by atoms with van der Waals surface area (Å²) >= 11 is 0. The van der Waals surface area contributed by atoms with Crippen molar-refractivity contribution in [2.75, 3.05) is 45.9 Å². The lowest BCUT2D eigenvalue weighted by Gasteiger charge is -2.40. The van der Waals surface area contributed by atoms with Gasteiger partial charge in [0, 0.05) is 19.5 Å². The van der Waals surface area contributed by atoms with Crippen LogP contribution in [0.1, 0.15) is 56.1 Å². The molecule has 1 amide bonds. The first kappa shape index (κ1) is 18.0. The van der Waals surface area contributed by atoms with E-state index in [9.17, 15) is 4.79 Å². The molecule has 2 fully saturated rings. The quantitative estimate of drug-likeness (QED) is 0.831. The third kappa shape index (κ3) is 3.41. The van der Waals surface area contributed by atoms with Crippen LogP contribution in [0.4, 0.5) is 0 Å². The second-order valence-corrected chi connectivity index (χ2v) is 8.31. The van der Waals surface area contributed by atoms with Crippen molar-refractivity contribution in [3.8, 4) is 0 Å². The second kappa shape index (κ2) is 7.69. The van der Waals surface area contributed by atoms with Crippen LogP contribution in [-0.2, 0) is 14.9 Å². The molecule has 0 bridgehead atoms. The number of rotatable bonds is 4. The zero-order chi connectivity index (χ0) is 18.0. The van der Waals surface area contributed by atoms with Crippen molar-refractivity contribution < 1.29 is 9.53 Å². The molecule has 4 rings (SSSR count). The highest BCUT2D eigenvalue weighted by Gasteiger charge is 2.45. The minimum absolute atomic E-state index is 0.302. The van der Waals surface area contributed by atoms with E-state index in [1.807, 2.05) is 4.90 Å². The lowest BCUT2D eigenvalue weighted by atomic mass is 9.73. The fraction of sp³-hybridized carbons (Fsp3) is 0.682. The van der Waals surface area contributed by atoms with Crippen LogP contribution in [0.5, 0.6) is 0 Å². The molecule has 26 heavy (non-hydrogen) atoms. The predicted octanol–water partition coefficient (Wildman–Crippen LogP) is 3.17. The Morgan fingerprint density at radius 1 is 1.15 bits per heavy atom. The van der Waals surface area contributed by atoms with E-state index in [-0.39, 0.29) is 0 Å². The van der Waals surface area contributed by atoms with Crippen LogP contribution in [0.3, 0.4) is 0 Å². The van der Waals surface area contributed by atoms with Crippen LogP contribution in [-0.4, -0.2) is 61.6 Å². The van der Waals surface area contributed by atoms with Crippen molar-refractivity contribution in [2.24, 2.45) is 0 Å². The third-order valence-electron chi connectivity index (χ3n) is 6.75.